The SMILES string of the molecule is CC1CCCN1Cc1ccc(CN)cc1F. The molecule has 0 saturated carbocycles. The molecule has 1 aliphatic heterocycles. The van der Waals surface area contributed by atoms with Crippen molar-refractivity contribution in [2.24, 2.45) is 5.73 Å². The minimum atomic E-state index is -0.123. The molecule has 88 valence electrons. The number of likely N-dealkylation sites (tertiary alicyclic amines) is 1. The van der Waals surface area contributed by atoms with E-state index in [0.29, 0.717) is 12.6 Å². The molecule has 1 fully saturated rings. The van der Waals surface area contributed by atoms with E-state index in [1.807, 2.05) is 12.1 Å². The Labute approximate surface area is 96.2 Å². The van der Waals surface area contributed by atoms with Crippen LogP contribution in [0, 0.1) is 5.82 Å². The zero-order valence-electron chi connectivity index (χ0n) is 9.75. The van der Waals surface area contributed by atoms with Crippen molar-refractivity contribution in [2.45, 2.75) is 38.9 Å². The first kappa shape index (κ1) is 11.6. The number of benzene rings is 1. The van der Waals surface area contributed by atoms with Gasteiger partial charge in [0.15, 0.2) is 0 Å². The van der Waals surface area contributed by atoms with Crippen molar-refractivity contribution in [1.82, 2.24) is 4.90 Å². The molecular formula is C13H19FN2. The molecule has 3 heteroatoms. The zero-order chi connectivity index (χ0) is 11.5. The van der Waals surface area contributed by atoms with Crippen molar-refractivity contribution in [3.63, 3.8) is 0 Å². The largest absolute Gasteiger partial charge is 0.326 e. The Morgan fingerprint density at radius 3 is 2.88 bits per heavy atom. The lowest BCUT2D eigenvalue weighted by molar-refractivity contribution is 0.256. The topological polar surface area (TPSA) is 29.3 Å². The number of hydrogen-bond donors (Lipinski definition) is 1. The maximum absolute atomic E-state index is 13.7. The summed E-state index contributed by atoms with van der Waals surface area (Å²) in [5.41, 5.74) is 7.12. The van der Waals surface area contributed by atoms with Gasteiger partial charge in [-0.2, -0.15) is 0 Å². The van der Waals surface area contributed by atoms with E-state index in [9.17, 15) is 4.39 Å². The van der Waals surface area contributed by atoms with Crippen LogP contribution in [0.15, 0.2) is 18.2 Å². The second-order valence-electron chi connectivity index (χ2n) is 4.59. The molecule has 0 spiro atoms. The number of rotatable bonds is 3. The van der Waals surface area contributed by atoms with Gasteiger partial charge in [0.25, 0.3) is 0 Å². The standard InChI is InChI=1S/C13H19FN2/c1-10-3-2-6-16(10)9-12-5-4-11(8-15)7-13(12)14/h4-5,7,10H,2-3,6,8-9,15H2,1H3. The van der Waals surface area contributed by atoms with E-state index >= 15 is 0 Å². The van der Waals surface area contributed by atoms with Gasteiger partial charge in [0, 0.05) is 24.7 Å². The van der Waals surface area contributed by atoms with E-state index in [0.717, 1.165) is 24.2 Å². The summed E-state index contributed by atoms with van der Waals surface area (Å²) in [6.07, 6.45) is 2.45. The summed E-state index contributed by atoms with van der Waals surface area (Å²) in [6, 6.07) is 5.91. The van der Waals surface area contributed by atoms with Crippen LogP contribution in [-0.4, -0.2) is 17.5 Å². The lowest BCUT2D eigenvalue weighted by Crippen LogP contribution is -2.26. The molecular weight excluding hydrogens is 203 g/mol. The van der Waals surface area contributed by atoms with Crippen molar-refractivity contribution in [2.75, 3.05) is 6.54 Å². The first-order chi connectivity index (χ1) is 7.70. The van der Waals surface area contributed by atoms with Gasteiger partial charge in [0.1, 0.15) is 5.82 Å². The van der Waals surface area contributed by atoms with Crippen LogP contribution in [0.4, 0.5) is 4.39 Å². The van der Waals surface area contributed by atoms with Gasteiger partial charge in [-0.3, -0.25) is 4.90 Å². The highest BCUT2D eigenvalue weighted by atomic mass is 19.1. The van der Waals surface area contributed by atoms with Crippen LogP contribution in [0.5, 0.6) is 0 Å². The maximum Gasteiger partial charge on any atom is 0.128 e. The molecule has 1 heterocycles. The maximum atomic E-state index is 13.7. The van der Waals surface area contributed by atoms with Crippen molar-refractivity contribution >= 4 is 0 Å². The number of nitrogens with two attached hydrogens (primary N) is 1. The summed E-state index contributed by atoms with van der Waals surface area (Å²) in [6.45, 7) is 4.41. The van der Waals surface area contributed by atoms with Gasteiger partial charge < -0.3 is 5.73 Å². The quantitative estimate of drug-likeness (QED) is 0.850. The molecule has 2 rings (SSSR count). The summed E-state index contributed by atoms with van der Waals surface area (Å²) in [5, 5.41) is 0. The third kappa shape index (κ3) is 2.42. The molecule has 0 radical (unpaired) electrons. The van der Waals surface area contributed by atoms with Crippen molar-refractivity contribution < 1.29 is 4.39 Å². The average molecular weight is 222 g/mol. The van der Waals surface area contributed by atoms with Crippen LogP contribution in [0.1, 0.15) is 30.9 Å². The third-order valence-electron chi connectivity index (χ3n) is 3.42. The van der Waals surface area contributed by atoms with Crippen LogP contribution >= 0.6 is 0 Å². The lowest BCUT2D eigenvalue weighted by atomic mass is 10.1. The Bertz CT molecular complexity index is 365. The summed E-state index contributed by atoms with van der Waals surface area (Å²) in [7, 11) is 0. The Hall–Kier alpha value is -0.930. The summed E-state index contributed by atoms with van der Waals surface area (Å²) >= 11 is 0. The fourth-order valence-corrected chi connectivity index (χ4v) is 2.29. The monoisotopic (exact) mass is 222 g/mol. The molecule has 1 atom stereocenters. The molecule has 2 N–H and O–H groups in total. The van der Waals surface area contributed by atoms with Crippen LogP contribution in [0.2, 0.25) is 0 Å². The Morgan fingerprint density at radius 1 is 1.50 bits per heavy atom. The molecule has 1 aromatic carbocycles. The number of hydrogen-bond acceptors (Lipinski definition) is 2. The van der Waals surface area contributed by atoms with Crippen LogP contribution in [-0.2, 0) is 13.1 Å². The van der Waals surface area contributed by atoms with E-state index in [1.54, 1.807) is 6.07 Å². The zero-order valence-corrected chi connectivity index (χ0v) is 9.75. The van der Waals surface area contributed by atoms with E-state index in [4.69, 9.17) is 5.73 Å². The first-order valence-electron chi connectivity index (χ1n) is 5.92. The molecule has 0 aromatic heterocycles. The molecule has 1 unspecified atom stereocenters. The van der Waals surface area contributed by atoms with E-state index in [2.05, 4.69) is 11.8 Å². The highest BCUT2D eigenvalue weighted by molar-refractivity contribution is 5.24. The van der Waals surface area contributed by atoms with Crippen molar-refractivity contribution in [3.05, 3.63) is 35.1 Å². The molecule has 2 nitrogen and oxygen atoms in total. The Kier molecular flexibility index (Phi) is 3.56. The minimum Gasteiger partial charge on any atom is -0.326 e. The summed E-state index contributed by atoms with van der Waals surface area (Å²) in [4.78, 5) is 2.33. The molecule has 0 aliphatic carbocycles. The highest BCUT2D eigenvalue weighted by Crippen LogP contribution is 2.21. The van der Waals surface area contributed by atoms with E-state index < -0.39 is 0 Å². The molecule has 1 aromatic rings. The fraction of sp³-hybridized carbons (Fsp3) is 0.538. The van der Waals surface area contributed by atoms with E-state index in [-0.39, 0.29) is 5.82 Å². The molecule has 1 aliphatic rings. The van der Waals surface area contributed by atoms with Gasteiger partial charge in [0.05, 0.1) is 0 Å². The van der Waals surface area contributed by atoms with E-state index in [1.165, 1.54) is 12.8 Å². The lowest BCUT2D eigenvalue weighted by Gasteiger charge is -2.21. The van der Waals surface area contributed by atoms with Gasteiger partial charge in [-0.25, -0.2) is 4.39 Å². The molecule has 0 amide bonds. The molecule has 0 bridgehead atoms. The summed E-state index contributed by atoms with van der Waals surface area (Å²) in [5.74, 6) is -0.123. The second kappa shape index (κ2) is 4.93. The van der Waals surface area contributed by atoms with Crippen molar-refractivity contribution in [1.29, 1.82) is 0 Å². The Balaban J connectivity index is 2.09. The third-order valence-corrected chi connectivity index (χ3v) is 3.42. The van der Waals surface area contributed by atoms with Gasteiger partial charge in [0.2, 0.25) is 0 Å². The number of nitrogens with zero attached hydrogens (tertiary/aromatic N) is 1. The fourth-order valence-electron chi connectivity index (χ4n) is 2.29. The normalized spacial score (nSPS) is 21.6. The molecule has 1 saturated heterocycles. The van der Waals surface area contributed by atoms with Gasteiger partial charge >= 0.3 is 0 Å². The Morgan fingerprint density at radius 2 is 2.31 bits per heavy atom. The van der Waals surface area contributed by atoms with Crippen LogP contribution in [0.25, 0.3) is 0 Å². The first-order valence-corrected chi connectivity index (χ1v) is 5.92. The predicted octanol–water partition coefficient (Wildman–Crippen LogP) is 2.27. The van der Waals surface area contributed by atoms with Crippen molar-refractivity contribution in [3.8, 4) is 0 Å². The highest BCUT2D eigenvalue weighted by Gasteiger charge is 2.20. The van der Waals surface area contributed by atoms with Gasteiger partial charge in [-0.1, -0.05) is 12.1 Å². The van der Waals surface area contributed by atoms with Gasteiger partial charge in [-0.05, 0) is 37.9 Å². The second-order valence-corrected chi connectivity index (χ2v) is 4.59. The predicted molar refractivity (Wildman–Crippen MR) is 63.4 cm³/mol. The average Bonchev–Trinajstić information content (AvgIpc) is 2.67. The minimum absolute atomic E-state index is 0.123. The molecule has 16 heavy (non-hydrogen) atoms. The van der Waals surface area contributed by atoms with Crippen LogP contribution < -0.4 is 5.73 Å². The number of halogens is 1. The smallest absolute Gasteiger partial charge is 0.128 e. The summed E-state index contributed by atoms with van der Waals surface area (Å²) < 4.78 is 13.7. The van der Waals surface area contributed by atoms with Gasteiger partial charge in [-0.15, -0.1) is 0 Å². The van der Waals surface area contributed by atoms with Crippen LogP contribution in [0.3, 0.4) is 0 Å².